The molecule has 18 heavy (non-hydrogen) atoms. The Hall–Kier alpha value is -1.44. The molecule has 0 aliphatic heterocycles. The number of rotatable bonds is 3. The van der Waals surface area contributed by atoms with Crippen molar-refractivity contribution in [2.45, 2.75) is 0 Å². The molecule has 6 heteroatoms. The maximum atomic E-state index is 8.73. The second-order valence-electron chi connectivity index (χ2n) is 3.86. The van der Waals surface area contributed by atoms with Crippen molar-refractivity contribution in [3.05, 3.63) is 42.5 Å². The predicted molar refractivity (Wildman–Crippen MR) is 72.1 cm³/mol. The smallest absolute Gasteiger partial charge is 0.264 e. The molecule has 3 rings (SSSR count). The van der Waals surface area contributed by atoms with E-state index in [1.165, 1.54) is 0 Å². The lowest BCUT2D eigenvalue weighted by Crippen LogP contribution is -2.35. The molecular weight excluding hydrogens is 251 g/mol. The van der Waals surface area contributed by atoms with E-state index in [1.54, 1.807) is 17.4 Å². The summed E-state index contributed by atoms with van der Waals surface area (Å²) in [5, 5.41) is 19.6. The SMILES string of the molecule is OOB(OO)c1cccc2c1sc1ccccc12. The van der Waals surface area contributed by atoms with Crippen LogP contribution in [0.25, 0.3) is 20.2 Å². The number of hydrogen-bond acceptors (Lipinski definition) is 5. The molecule has 1 aromatic heterocycles. The Morgan fingerprint density at radius 2 is 1.61 bits per heavy atom. The predicted octanol–water partition coefficient (Wildman–Crippen LogP) is 2.73. The van der Waals surface area contributed by atoms with Crippen molar-refractivity contribution in [3.63, 3.8) is 0 Å². The monoisotopic (exact) mass is 260 g/mol. The summed E-state index contributed by atoms with van der Waals surface area (Å²) in [5.41, 5.74) is 0.596. The molecule has 0 saturated carbocycles. The van der Waals surface area contributed by atoms with E-state index in [4.69, 9.17) is 10.5 Å². The summed E-state index contributed by atoms with van der Waals surface area (Å²) in [7, 11) is -1.19. The first-order valence-corrected chi connectivity index (χ1v) is 6.17. The molecule has 2 N–H and O–H groups in total. The van der Waals surface area contributed by atoms with Crippen molar-refractivity contribution >= 4 is 44.1 Å². The molecule has 0 aliphatic rings. The van der Waals surface area contributed by atoms with Gasteiger partial charge in [0.2, 0.25) is 0 Å². The standard InChI is InChI=1S/C12H9BO4S/c14-16-13(17-15)10-6-3-5-9-8-4-1-2-7-11(8)18-12(9)10/h1-7,14-15H. The van der Waals surface area contributed by atoms with Crippen LogP contribution in [-0.2, 0) is 9.61 Å². The molecular formula is C12H9BO4S. The zero-order valence-corrected chi connectivity index (χ0v) is 10.1. The van der Waals surface area contributed by atoms with Crippen molar-refractivity contribution < 1.29 is 20.1 Å². The van der Waals surface area contributed by atoms with Crippen LogP contribution in [-0.4, -0.2) is 17.6 Å². The molecule has 1 heterocycles. The maximum absolute atomic E-state index is 8.73. The molecule has 0 spiro atoms. The molecule has 90 valence electrons. The maximum Gasteiger partial charge on any atom is 0.555 e. The molecule has 4 nitrogen and oxygen atoms in total. The van der Waals surface area contributed by atoms with Crippen molar-refractivity contribution in [2.24, 2.45) is 0 Å². The van der Waals surface area contributed by atoms with Gasteiger partial charge < -0.3 is 0 Å². The fourth-order valence-electron chi connectivity index (χ4n) is 2.09. The van der Waals surface area contributed by atoms with Crippen LogP contribution in [0.1, 0.15) is 0 Å². The van der Waals surface area contributed by atoms with Crippen LogP contribution in [0.3, 0.4) is 0 Å². The Morgan fingerprint density at radius 3 is 2.39 bits per heavy atom. The van der Waals surface area contributed by atoms with Gasteiger partial charge in [-0.2, -0.15) is 0 Å². The van der Waals surface area contributed by atoms with Crippen molar-refractivity contribution in [2.75, 3.05) is 0 Å². The quantitative estimate of drug-likeness (QED) is 0.432. The highest BCUT2D eigenvalue weighted by Gasteiger charge is 2.25. The lowest BCUT2D eigenvalue weighted by molar-refractivity contribution is -0.221. The summed E-state index contributed by atoms with van der Waals surface area (Å²) in [6.07, 6.45) is 0. The van der Waals surface area contributed by atoms with E-state index in [1.807, 2.05) is 36.4 Å². The second-order valence-corrected chi connectivity index (χ2v) is 4.92. The summed E-state index contributed by atoms with van der Waals surface area (Å²) in [4.78, 5) is 8.25. The van der Waals surface area contributed by atoms with E-state index in [0.717, 1.165) is 20.2 Å². The van der Waals surface area contributed by atoms with Gasteiger partial charge in [0.05, 0.1) is 0 Å². The first kappa shape index (κ1) is 11.6. The molecule has 0 aliphatic carbocycles. The highest BCUT2D eigenvalue weighted by molar-refractivity contribution is 7.27. The molecule has 2 aromatic carbocycles. The first-order chi connectivity index (χ1) is 8.85. The number of benzene rings is 2. The van der Waals surface area contributed by atoms with Gasteiger partial charge in [-0.3, -0.25) is 20.1 Å². The van der Waals surface area contributed by atoms with Crippen LogP contribution in [0.2, 0.25) is 0 Å². The Morgan fingerprint density at radius 1 is 0.889 bits per heavy atom. The highest BCUT2D eigenvalue weighted by atomic mass is 32.1. The minimum absolute atomic E-state index is 0.596. The minimum atomic E-state index is -1.19. The highest BCUT2D eigenvalue weighted by Crippen LogP contribution is 2.32. The van der Waals surface area contributed by atoms with Crippen molar-refractivity contribution in [1.82, 2.24) is 0 Å². The van der Waals surface area contributed by atoms with Crippen LogP contribution < -0.4 is 5.46 Å². The molecule has 0 radical (unpaired) electrons. The average molecular weight is 260 g/mol. The van der Waals surface area contributed by atoms with E-state index < -0.39 is 7.12 Å². The summed E-state index contributed by atoms with van der Waals surface area (Å²) in [6, 6.07) is 13.6. The fourth-order valence-corrected chi connectivity index (χ4v) is 3.31. The lowest BCUT2D eigenvalue weighted by Gasteiger charge is -2.05. The van der Waals surface area contributed by atoms with Gasteiger partial charge in [0.25, 0.3) is 0 Å². The largest absolute Gasteiger partial charge is 0.555 e. The Labute approximate surface area is 107 Å². The molecule has 0 amide bonds. The Kier molecular flexibility index (Phi) is 3.03. The number of hydrogen-bond donors (Lipinski definition) is 2. The van der Waals surface area contributed by atoms with Gasteiger partial charge >= 0.3 is 7.12 Å². The normalized spacial score (nSPS) is 11.2. The van der Waals surface area contributed by atoms with Crippen LogP contribution in [0, 0.1) is 0 Å². The summed E-state index contributed by atoms with van der Waals surface area (Å²) in [5.74, 6) is 0. The van der Waals surface area contributed by atoms with E-state index in [-0.39, 0.29) is 0 Å². The van der Waals surface area contributed by atoms with E-state index in [9.17, 15) is 0 Å². The Bertz CT molecular complexity index is 693. The summed E-state index contributed by atoms with van der Waals surface area (Å²) in [6.45, 7) is 0. The molecule has 0 saturated heterocycles. The van der Waals surface area contributed by atoms with Gasteiger partial charge in [-0.1, -0.05) is 36.4 Å². The van der Waals surface area contributed by atoms with Gasteiger partial charge in [-0.05, 0) is 11.5 Å². The van der Waals surface area contributed by atoms with Gasteiger partial charge in [0, 0.05) is 20.2 Å². The van der Waals surface area contributed by atoms with Gasteiger partial charge in [-0.15, -0.1) is 11.3 Å². The molecule has 3 aromatic rings. The average Bonchev–Trinajstić information content (AvgIpc) is 2.80. The van der Waals surface area contributed by atoms with Gasteiger partial charge in [0.15, 0.2) is 0 Å². The van der Waals surface area contributed by atoms with Crippen LogP contribution in [0.15, 0.2) is 42.5 Å². The van der Waals surface area contributed by atoms with Crippen LogP contribution >= 0.6 is 11.3 Å². The number of fused-ring (bicyclic) bond motifs is 3. The van der Waals surface area contributed by atoms with Crippen LogP contribution in [0.5, 0.6) is 0 Å². The third-order valence-electron chi connectivity index (χ3n) is 2.88. The first-order valence-electron chi connectivity index (χ1n) is 5.35. The summed E-state index contributed by atoms with van der Waals surface area (Å²) < 4.78 is 2.06. The second kappa shape index (κ2) is 4.68. The number of thiophene rings is 1. The van der Waals surface area contributed by atoms with E-state index in [2.05, 4.69) is 9.61 Å². The van der Waals surface area contributed by atoms with Gasteiger partial charge in [0.1, 0.15) is 0 Å². The summed E-state index contributed by atoms with van der Waals surface area (Å²) >= 11 is 1.57. The third-order valence-corrected chi connectivity index (χ3v) is 4.12. The minimum Gasteiger partial charge on any atom is -0.264 e. The van der Waals surface area contributed by atoms with Crippen molar-refractivity contribution in [3.8, 4) is 0 Å². The molecule has 0 bridgehead atoms. The lowest BCUT2D eigenvalue weighted by atomic mass is 9.79. The molecule has 0 fully saturated rings. The zero-order valence-electron chi connectivity index (χ0n) is 9.24. The Balaban J connectivity index is 2.34. The van der Waals surface area contributed by atoms with Crippen molar-refractivity contribution in [1.29, 1.82) is 0 Å². The molecule has 0 unspecified atom stereocenters. The zero-order chi connectivity index (χ0) is 12.5. The topological polar surface area (TPSA) is 58.9 Å². The third kappa shape index (κ3) is 1.71. The van der Waals surface area contributed by atoms with E-state index >= 15 is 0 Å². The van der Waals surface area contributed by atoms with Crippen LogP contribution in [0.4, 0.5) is 0 Å². The van der Waals surface area contributed by atoms with Gasteiger partial charge in [-0.25, -0.2) is 0 Å². The fraction of sp³-hybridized carbons (Fsp3) is 0. The van der Waals surface area contributed by atoms with E-state index in [0.29, 0.717) is 5.46 Å². The molecule has 0 atom stereocenters.